The average Bonchev–Trinajstić information content (AvgIpc) is 2.46. The summed E-state index contributed by atoms with van der Waals surface area (Å²) in [6.45, 7) is 2.53. The van der Waals surface area contributed by atoms with E-state index in [1.807, 2.05) is 37.3 Å². The Morgan fingerprint density at radius 3 is 2.32 bits per heavy atom. The fourth-order valence-corrected chi connectivity index (χ4v) is 1.93. The Morgan fingerprint density at radius 2 is 1.68 bits per heavy atom. The van der Waals surface area contributed by atoms with E-state index < -0.39 is 6.10 Å². The highest BCUT2D eigenvalue weighted by molar-refractivity contribution is 5.19. The molecule has 0 aromatic heterocycles. The third-order valence-corrected chi connectivity index (χ3v) is 3.16. The van der Waals surface area contributed by atoms with Crippen LogP contribution in [0.3, 0.4) is 0 Å². The second-order valence-electron chi connectivity index (χ2n) is 4.65. The fourth-order valence-electron chi connectivity index (χ4n) is 1.93. The molecule has 0 saturated heterocycles. The number of halogens is 1. The second kappa shape index (κ2) is 6.45. The SMILES string of the molecule is C[C@@H](NCc1ccc(F)cc1)[C@H](O)c1ccccc1. The van der Waals surface area contributed by atoms with Crippen molar-refractivity contribution in [3.05, 3.63) is 71.5 Å². The van der Waals surface area contributed by atoms with Gasteiger partial charge < -0.3 is 10.4 Å². The van der Waals surface area contributed by atoms with E-state index in [-0.39, 0.29) is 11.9 Å². The van der Waals surface area contributed by atoms with Gasteiger partial charge in [0.2, 0.25) is 0 Å². The van der Waals surface area contributed by atoms with Crippen LogP contribution in [-0.2, 0) is 6.54 Å². The zero-order valence-corrected chi connectivity index (χ0v) is 10.9. The summed E-state index contributed by atoms with van der Waals surface area (Å²) in [4.78, 5) is 0. The fraction of sp³-hybridized carbons (Fsp3) is 0.250. The predicted octanol–water partition coefficient (Wildman–Crippen LogP) is 3.04. The summed E-state index contributed by atoms with van der Waals surface area (Å²) in [5.74, 6) is -0.235. The quantitative estimate of drug-likeness (QED) is 0.865. The number of rotatable bonds is 5. The van der Waals surface area contributed by atoms with Crippen LogP contribution in [0.25, 0.3) is 0 Å². The van der Waals surface area contributed by atoms with Crippen LogP contribution in [0.15, 0.2) is 54.6 Å². The number of nitrogens with one attached hydrogen (secondary N) is 1. The van der Waals surface area contributed by atoms with Crippen LogP contribution in [0.5, 0.6) is 0 Å². The van der Waals surface area contributed by atoms with Crippen molar-refractivity contribution in [3.8, 4) is 0 Å². The lowest BCUT2D eigenvalue weighted by Crippen LogP contribution is -2.31. The van der Waals surface area contributed by atoms with Gasteiger partial charge in [0.05, 0.1) is 6.10 Å². The molecule has 0 spiro atoms. The van der Waals surface area contributed by atoms with Gasteiger partial charge in [-0.1, -0.05) is 42.5 Å². The Morgan fingerprint density at radius 1 is 1.05 bits per heavy atom. The predicted molar refractivity (Wildman–Crippen MR) is 74.1 cm³/mol. The van der Waals surface area contributed by atoms with Crippen LogP contribution in [0.4, 0.5) is 4.39 Å². The molecule has 19 heavy (non-hydrogen) atoms. The van der Waals surface area contributed by atoms with Crippen molar-refractivity contribution in [3.63, 3.8) is 0 Å². The van der Waals surface area contributed by atoms with Gasteiger partial charge in [-0.3, -0.25) is 0 Å². The molecule has 2 aromatic rings. The molecule has 0 unspecified atom stereocenters. The van der Waals surface area contributed by atoms with Crippen molar-refractivity contribution < 1.29 is 9.50 Å². The van der Waals surface area contributed by atoms with Gasteiger partial charge in [-0.2, -0.15) is 0 Å². The molecule has 2 rings (SSSR count). The van der Waals surface area contributed by atoms with E-state index in [1.165, 1.54) is 12.1 Å². The van der Waals surface area contributed by atoms with Crippen molar-refractivity contribution in [2.45, 2.75) is 25.6 Å². The first-order chi connectivity index (χ1) is 9.16. The van der Waals surface area contributed by atoms with Gasteiger partial charge in [-0.25, -0.2) is 4.39 Å². The van der Waals surface area contributed by atoms with Crippen LogP contribution in [0.1, 0.15) is 24.2 Å². The summed E-state index contributed by atoms with van der Waals surface area (Å²) in [5.41, 5.74) is 1.88. The molecule has 0 amide bonds. The van der Waals surface area contributed by atoms with E-state index in [4.69, 9.17) is 0 Å². The van der Waals surface area contributed by atoms with E-state index in [0.717, 1.165) is 11.1 Å². The normalized spacial score (nSPS) is 14.1. The molecule has 2 aromatic carbocycles. The Kier molecular flexibility index (Phi) is 4.66. The molecule has 0 saturated carbocycles. The highest BCUT2D eigenvalue weighted by atomic mass is 19.1. The van der Waals surface area contributed by atoms with E-state index in [0.29, 0.717) is 6.54 Å². The summed E-state index contributed by atoms with van der Waals surface area (Å²) in [6, 6.07) is 15.8. The largest absolute Gasteiger partial charge is 0.387 e. The maximum atomic E-state index is 12.8. The number of aliphatic hydroxyl groups is 1. The summed E-state index contributed by atoms with van der Waals surface area (Å²) < 4.78 is 12.8. The van der Waals surface area contributed by atoms with Crippen molar-refractivity contribution in [1.29, 1.82) is 0 Å². The first-order valence-corrected chi connectivity index (χ1v) is 6.37. The molecular formula is C16H18FNO. The minimum absolute atomic E-state index is 0.0764. The van der Waals surface area contributed by atoms with Gasteiger partial charge in [0.25, 0.3) is 0 Å². The molecule has 0 radical (unpaired) electrons. The minimum Gasteiger partial charge on any atom is -0.387 e. The summed E-state index contributed by atoms with van der Waals surface area (Å²) >= 11 is 0. The third kappa shape index (κ3) is 3.88. The van der Waals surface area contributed by atoms with Crippen molar-refractivity contribution in [2.75, 3.05) is 0 Å². The first-order valence-electron chi connectivity index (χ1n) is 6.37. The van der Waals surface area contributed by atoms with Crippen LogP contribution in [0, 0.1) is 5.82 Å². The number of hydrogen-bond donors (Lipinski definition) is 2. The van der Waals surface area contributed by atoms with Gasteiger partial charge in [0.1, 0.15) is 5.82 Å². The molecule has 100 valence electrons. The van der Waals surface area contributed by atoms with E-state index in [1.54, 1.807) is 12.1 Å². The van der Waals surface area contributed by atoms with Gasteiger partial charge in [0.15, 0.2) is 0 Å². The summed E-state index contributed by atoms with van der Waals surface area (Å²) in [7, 11) is 0. The van der Waals surface area contributed by atoms with Crippen LogP contribution >= 0.6 is 0 Å². The lowest BCUT2D eigenvalue weighted by atomic mass is 10.0. The Labute approximate surface area is 112 Å². The van der Waals surface area contributed by atoms with Crippen molar-refractivity contribution in [2.24, 2.45) is 0 Å². The zero-order chi connectivity index (χ0) is 13.7. The molecule has 3 heteroatoms. The lowest BCUT2D eigenvalue weighted by molar-refractivity contribution is 0.135. The van der Waals surface area contributed by atoms with Crippen LogP contribution in [-0.4, -0.2) is 11.1 Å². The van der Waals surface area contributed by atoms with Gasteiger partial charge in [-0.15, -0.1) is 0 Å². The molecule has 0 aliphatic rings. The number of aliphatic hydroxyl groups excluding tert-OH is 1. The molecule has 2 N–H and O–H groups in total. The highest BCUT2D eigenvalue weighted by Crippen LogP contribution is 2.16. The number of benzene rings is 2. The smallest absolute Gasteiger partial charge is 0.123 e. The van der Waals surface area contributed by atoms with Gasteiger partial charge in [0, 0.05) is 12.6 Å². The maximum Gasteiger partial charge on any atom is 0.123 e. The topological polar surface area (TPSA) is 32.3 Å². The van der Waals surface area contributed by atoms with Crippen molar-refractivity contribution >= 4 is 0 Å². The molecule has 0 bridgehead atoms. The Hall–Kier alpha value is -1.71. The third-order valence-electron chi connectivity index (χ3n) is 3.16. The highest BCUT2D eigenvalue weighted by Gasteiger charge is 2.15. The number of hydrogen-bond acceptors (Lipinski definition) is 2. The second-order valence-corrected chi connectivity index (χ2v) is 4.65. The Balaban J connectivity index is 1.90. The van der Waals surface area contributed by atoms with Crippen LogP contribution < -0.4 is 5.32 Å². The molecule has 0 aliphatic carbocycles. The van der Waals surface area contributed by atoms with Crippen LogP contribution in [0.2, 0.25) is 0 Å². The van der Waals surface area contributed by atoms with Gasteiger partial charge in [-0.05, 0) is 30.2 Å². The van der Waals surface area contributed by atoms with E-state index in [9.17, 15) is 9.50 Å². The summed E-state index contributed by atoms with van der Waals surface area (Å²) in [5, 5.41) is 13.4. The Bertz CT molecular complexity index is 498. The standard InChI is InChI=1S/C16H18FNO/c1-12(16(19)14-5-3-2-4-6-14)18-11-13-7-9-15(17)10-8-13/h2-10,12,16,18-19H,11H2,1H3/t12-,16+/m1/s1. The molecule has 2 nitrogen and oxygen atoms in total. The van der Waals surface area contributed by atoms with E-state index >= 15 is 0 Å². The molecule has 0 fully saturated rings. The monoisotopic (exact) mass is 259 g/mol. The molecular weight excluding hydrogens is 241 g/mol. The van der Waals surface area contributed by atoms with E-state index in [2.05, 4.69) is 5.32 Å². The minimum atomic E-state index is -0.554. The molecule has 0 aliphatic heterocycles. The van der Waals surface area contributed by atoms with Gasteiger partial charge >= 0.3 is 0 Å². The lowest BCUT2D eigenvalue weighted by Gasteiger charge is -2.20. The molecule has 2 atom stereocenters. The average molecular weight is 259 g/mol. The maximum absolute atomic E-state index is 12.8. The zero-order valence-electron chi connectivity index (χ0n) is 10.9. The summed E-state index contributed by atoms with van der Waals surface area (Å²) in [6.07, 6.45) is -0.554. The van der Waals surface area contributed by atoms with Crippen molar-refractivity contribution in [1.82, 2.24) is 5.32 Å². The molecule has 0 heterocycles. The first kappa shape index (κ1) is 13.7.